The average molecular weight is 482 g/mol. The van der Waals surface area contributed by atoms with Gasteiger partial charge in [-0.3, -0.25) is 0 Å². The van der Waals surface area contributed by atoms with E-state index >= 15 is 0 Å². The first-order chi connectivity index (χ1) is 13.1. The normalized spacial score (nSPS) is 19.0. The van der Waals surface area contributed by atoms with Gasteiger partial charge in [0.05, 0.1) is 31.8 Å². The smallest absolute Gasteiger partial charge is 0.380 e. The van der Waals surface area contributed by atoms with Crippen LogP contribution in [0.1, 0.15) is 0 Å². The lowest BCUT2D eigenvalue weighted by Crippen LogP contribution is -2.56. The van der Waals surface area contributed by atoms with Crippen molar-refractivity contribution in [3.8, 4) is 0 Å². The maximum atomic E-state index is 13.1. The van der Waals surface area contributed by atoms with Gasteiger partial charge in [0.25, 0.3) is 0 Å². The van der Waals surface area contributed by atoms with E-state index in [-0.39, 0.29) is 0 Å². The van der Waals surface area contributed by atoms with Crippen molar-refractivity contribution in [1.82, 2.24) is 0 Å². The Bertz CT molecular complexity index is 533. The van der Waals surface area contributed by atoms with Gasteiger partial charge < -0.3 is 14.2 Å². The molecular formula is C13H12F14O3. The van der Waals surface area contributed by atoms with Crippen LogP contribution >= 0.6 is 0 Å². The van der Waals surface area contributed by atoms with Crippen LogP contribution < -0.4 is 0 Å². The summed E-state index contributed by atoms with van der Waals surface area (Å²) in [7, 11) is 0. The van der Waals surface area contributed by atoms with Gasteiger partial charge >= 0.3 is 36.0 Å². The Balaban J connectivity index is 2.65. The quantitative estimate of drug-likeness (QED) is 0.423. The summed E-state index contributed by atoms with van der Waals surface area (Å²) in [5.41, 5.74) is -1.72. The fraction of sp³-hybridized carbons (Fsp3) is 1.00. The second-order valence-corrected chi connectivity index (χ2v) is 6.53. The van der Waals surface area contributed by atoms with Crippen molar-refractivity contribution in [2.24, 2.45) is 5.41 Å². The third-order valence-corrected chi connectivity index (χ3v) is 3.83. The predicted molar refractivity (Wildman–Crippen MR) is 66.8 cm³/mol. The summed E-state index contributed by atoms with van der Waals surface area (Å²) in [6.07, 6.45) is -13.2. The van der Waals surface area contributed by atoms with Gasteiger partial charge in [-0.2, -0.15) is 61.5 Å². The number of ether oxygens (including phenoxy) is 3. The lowest BCUT2D eigenvalue weighted by atomic mass is 9.88. The molecular weight excluding hydrogens is 470 g/mol. The zero-order chi connectivity index (χ0) is 23.9. The second kappa shape index (κ2) is 8.11. The Kier molecular flexibility index (Phi) is 7.28. The molecule has 0 saturated carbocycles. The molecule has 3 nitrogen and oxygen atoms in total. The monoisotopic (exact) mass is 482 g/mol. The molecule has 0 bridgehead atoms. The Labute approximate surface area is 158 Å². The standard InChI is InChI=1S/C13H12F14O3/c14-8(15,10(18,19)12(22,23)24)5-29-3-7(1-28-2-7)4-30-6-9(16,17)11(20,21)13(25,26)27/h1-6H2. The van der Waals surface area contributed by atoms with E-state index in [9.17, 15) is 61.5 Å². The SMILES string of the molecule is FC(F)(F)C(F)(F)C(F)(F)COCC1(COCC(F)(F)C(F)(F)C(F)(F)F)COC1. The summed E-state index contributed by atoms with van der Waals surface area (Å²) in [6.45, 7) is -8.34. The molecule has 1 aliphatic heterocycles. The molecule has 30 heavy (non-hydrogen) atoms. The maximum absolute atomic E-state index is 13.1. The summed E-state index contributed by atoms with van der Waals surface area (Å²) >= 11 is 0. The summed E-state index contributed by atoms with van der Waals surface area (Å²) in [6, 6.07) is 0. The number of rotatable bonds is 10. The molecule has 1 aliphatic rings. The third-order valence-electron chi connectivity index (χ3n) is 3.83. The van der Waals surface area contributed by atoms with Crippen LogP contribution in [0.2, 0.25) is 0 Å². The third kappa shape index (κ3) is 5.20. The van der Waals surface area contributed by atoms with Gasteiger partial charge in [-0.05, 0) is 0 Å². The van der Waals surface area contributed by atoms with Gasteiger partial charge in [-0.25, -0.2) is 0 Å². The minimum atomic E-state index is -6.62. The fourth-order valence-electron chi connectivity index (χ4n) is 1.99. The molecule has 0 aromatic carbocycles. The number of hydrogen-bond acceptors (Lipinski definition) is 3. The highest BCUT2D eigenvalue weighted by atomic mass is 19.4. The molecule has 180 valence electrons. The van der Waals surface area contributed by atoms with E-state index in [1.54, 1.807) is 0 Å². The first-order valence-electron chi connectivity index (χ1n) is 7.50. The highest BCUT2D eigenvalue weighted by Gasteiger charge is 2.74. The Morgan fingerprint density at radius 1 is 0.567 bits per heavy atom. The van der Waals surface area contributed by atoms with Crippen molar-refractivity contribution in [1.29, 1.82) is 0 Å². The van der Waals surface area contributed by atoms with E-state index in [1.807, 2.05) is 0 Å². The largest absolute Gasteiger partial charge is 0.459 e. The van der Waals surface area contributed by atoms with Crippen LogP contribution in [-0.2, 0) is 14.2 Å². The van der Waals surface area contributed by atoms with E-state index in [2.05, 4.69) is 14.2 Å². The highest BCUT2D eigenvalue weighted by Crippen LogP contribution is 2.48. The predicted octanol–water partition coefficient (Wildman–Crippen LogP) is 4.70. The Morgan fingerprint density at radius 3 is 1.07 bits per heavy atom. The summed E-state index contributed by atoms with van der Waals surface area (Å²) in [4.78, 5) is 0. The fourth-order valence-corrected chi connectivity index (χ4v) is 1.99. The Hall–Kier alpha value is -1.10. The first kappa shape index (κ1) is 26.9. The minimum absolute atomic E-state index is 0.574. The van der Waals surface area contributed by atoms with Crippen LogP contribution in [0.4, 0.5) is 61.5 Å². The molecule has 0 atom stereocenters. The molecule has 0 amide bonds. The molecule has 0 spiro atoms. The van der Waals surface area contributed by atoms with E-state index in [4.69, 9.17) is 0 Å². The van der Waals surface area contributed by atoms with Crippen LogP contribution in [0.3, 0.4) is 0 Å². The summed E-state index contributed by atoms with van der Waals surface area (Å²) in [5.74, 6) is -24.4. The van der Waals surface area contributed by atoms with Crippen molar-refractivity contribution < 1.29 is 75.7 Å². The van der Waals surface area contributed by atoms with E-state index in [0.29, 0.717) is 0 Å². The molecule has 0 aliphatic carbocycles. The molecule has 1 heterocycles. The lowest BCUT2D eigenvalue weighted by molar-refractivity contribution is -0.365. The van der Waals surface area contributed by atoms with Crippen molar-refractivity contribution >= 4 is 0 Å². The van der Waals surface area contributed by atoms with Gasteiger partial charge in [0, 0.05) is 0 Å². The van der Waals surface area contributed by atoms with Crippen molar-refractivity contribution in [2.75, 3.05) is 39.6 Å². The molecule has 1 rings (SSSR count). The van der Waals surface area contributed by atoms with Gasteiger partial charge in [-0.15, -0.1) is 0 Å². The molecule has 17 heteroatoms. The molecule has 0 N–H and O–H groups in total. The molecule has 1 fully saturated rings. The highest BCUT2D eigenvalue weighted by molar-refractivity contribution is 4.93. The lowest BCUT2D eigenvalue weighted by Gasteiger charge is -2.41. The van der Waals surface area contributed by atoms with Crippen molar-refractivity contribution in [3.63, 3.8) is 0 Å². The van der Waals surface area contributed by atoms with Gasteiger partial charge in [0.2, 0.25) is 0 Å². The Morgan fingerprint density at radius 2 is 0.867 bits per heavy atom. The zero-order valence-corrected chi connectivity index (χ0v) is 14.3. The zero-order valence-electron chi connectivity index (χ0n) is 14.3. The number of alkyl halides is 14. The van der Waals surface area contributed by atoms with Crippen molar-refractivity contribution in [3.05, 3.63) is 0 Å². The first-order valence-corrected chi connectivity index (χ1v) is 7.50. The van der Waals surface area contributed by atoms with Crippen LogP contribution in [0.5, 0.6) is 0 Å². The van der Waals surface area contributed by atoms with Gasteiger partial charge in [0.15, 0.2) is 0 Å². The van der Waals surface area contributed by atoms with Crippen LogP contribution in [0.15, 0.2) is 0 Å². The van der Waals surface area contributed by atoms with Gasteiger partial charge in [0.1, 0.15) is 13.2 Å². The topological polar surface area (TPSA) is 27.7 Å². The minimum Gasteiger partial charge on any atom is -0.380 e. The number of hydrogen-bond donors (Lipinski definition) is 0. The molecule has 0 radical (unpaired) electrons. The maximum Gasteiger partial charge on any atom is 0.459 e. The van der Waals surface area contributed by atoms with Crippen LogP contribution in [0.25, 0.3) is 0 Å². The van der Waals surface area contributed by atoms with E-state index < -0.39 is 81.1 Å². The molecule has 0 aromatic heterocycles. The summed E-state index contributed by atoms with van der Waals surface area (Å²) in [5, 5.41) is 0. The average Bonchev–Trinajstić information content (AvgIpc) is 2.49. The molecule has 0 aromatic rings. The number of halogens is 14. The van der Waals surface area contributed by atoms with Gasteiger partial charge in [-0.1, -0.05) is 0 Å². The molecule has 0 unspecified atom stereocenters. The van der Waals surface area contributed by atoms with E-state index in [0.717, 1.165) is 0 Å². The second-order valence-electron chi connectivity index (χ2n) is 6.53. The van der Waals surface area contributed by atoms with Crippen molar-refractivity contribution in [2.45, 2.75) is 36.0 Å². The molecule has 1 saturated heterocycles. The van der Waals surface area contributed by atoms with E-state index in [1.165, 1.54) is 0 Å². The van der Waals surface area contributed by atoms with Crippen LogP contribution in [-0.4, -0.2) is 75.7 Å². The summed E-state index contributed by atoms with van der Waals surface area (Å²) < 4.78 is 188. The van der Waals surface area contributed by atoms with Crippen LogP contribution in [0, 0.1) is 5.41 Å².